The molecule has 2 saturated carbocycles. The molecule has 33 heavy (non-hydrogen) atoms. The summed E-state index contributed by atoms with van der Waals surface area (Å²) in [5.41, 5.74) is 3.73. The van der Waals surface area contributed by atoms with Crippen LogP contribution in [0, 0.1) is 39.4 Å². The fraction of sp³-hybridized carbons (Fsp3) is 0.833. The first-order chi connectivity index (χ1) is 15.3. The van der Waals surface area contributed by atoms with Gasteiger partial charge in [0.1, 0.15) is 0 Å². The topological polar surface area (TPSA) is 57.5 Å². The summed E-state index contributed by atoms with van der Waals surface area (Å²) in [4.78, 5) is 13.9. The molecule has 0 aromatic rings. The Hall–Kier alpha value is -0.930. The van der Waals surface area contributed by atoms with Gasteiger partial charge in [-0.25, -0.2) is 0 Å². The Labute approximate surface area is 202 Å². The van der Waals surface area contributed by atoms with E-state index >= 15 is 0 Å². The molecule has 0 heterocycles. The van der Waals surface area contributed by atoms with E-state index in [1.54, 1.807) is 0 Å². The Morgan fingerprint density at radius 3 is 2.48 bits per heavy atom. The van der Waals surface area contributed by atoms with Gasteiger partial charge in [-0.2, -0.15) is 0 Å². The van der Waals surface area contributed by atoms with Gasteiger partial charge in [0.05, 0.1) is 12.7 Å². The Kier molecular flexibility index (Phi) is 6.35. The molecule has 3 heteroatoms. The molecular formula is C30H48O3. The molecular weight excluding hydrogens is 408 g/mol. The smallest absolute Gasteiger partial charge is 0.159 e. The molecule has 0 aromatic carbocycles. The number of carbonyl (C=O) groups excluding carboxylic acids is 1. The van der Waals surface area contributed by atoms with Gasteiger partial charge in [-0.3, -0.25) is 4.79 Å². The Balaban J connectivity index is 1.67. The van der Waals surface area contributed by atoms with E-state index in [-0.39, 0.29) is 40.3 Å². The molecule has 4 rings (SSSR count). The lowest BCUT2D eigenvalue weighted by atomic mass is 9.43. The van der Waals surface area contributed by atoms with Crippen LogP contribution in [0.5, 0.6) is 0 Å². The second-order valence-corrected chi connectivity index (χ2v) is 13.5. The maximum Gasteiger partial charge on any atom is 0.159 e. The lowest BCUT2D eigenvalue weighted by molar-refractivity contribution is -0.134. The van der Waals surface area contributed by atoms with Gasteiger partial charge in [-0.1, -0.05) is 58.8 Å². The highest BCUT2D eigenvalue weighted by Crippen LogP contribution is 2.71. The molecule has 0 aromatic heterocycles. The molecule has 0 unspecified atom stereocenters. The van der Waals surface area contributed by atoms with E-state index in [9.17, 15) is 15.0 Å². The SMILES string of the molecule is C/C(=C\CC[C@@H](C)[C@H]1CC[C@@]2(C)C3=C(CC[C@]12C)[C@@]1(C)CC[C@@H](O)C(C)(C)[C@@H]1CC3=O)CO. The van der Waals surface area contributed by atoms with Crippen molar-refractivity contribution in [1.29, 1.82) is 0 Å². The molecule has 2 N–H and O–H groups in total. The van der Waals surface area contributed by atoms with Crippen molar-refractivity contribution in [2.45, 2.75) is 112 Å². The number of fused-ring (bicyclic) bond motifs is 4. The van der Waals surface area contributed by atoms with Gasteiger partial charge in [0.2, 0.25) is 0 Å². The zero-order valence-electron chi connectivity index (χ0n) is 22.3. The molecule has 3 nitrogen and oxygen atoms in total. The summed E-state index contributed by atoms with van der Waals surface area (Å²) in [5.74, 6) is 1.89. The molecule has 0 amide bonds. The van der Waals surface area contributed by atoms with Gasteiger partial charge < -0.3 is 10.2 Å². The van der Waals surface area contributed by atoms with Gasteiger partial charge in [0, 0.05) is 17.4 Å². The van der Waals surface area contributed by atoms with Crippen molar-refractivity contribution in [1.82, 2.24) is 0 Å². The standard InChI is InChI=1S/C30H48O3/c1-19(18-31)9-8-10-20(2)21-11-16-30(7)26-22(12-15-29(21,30)6)28(5)14-13-25(33)27(3,4)24(28)17-23(26)32/h9,20-21,24-25,31,33H,8,10-18H2,1-7H3/b19-9+/t20-,21-,24+,25-,28-,29-,30+/m1/s1. The molecule has 0 radical (unpaired) electrons. The van der Waals surface area contributed by atoms with Crippen molar-refractivity contribution in [2.24, 2.45) is 39.4 Å². The summed E-state index contributed by atoms with van der Waals surface area (Å²) in [6, 6.07) is 0. The van der Waals surface area contributed by atoms with Gasteiger partial charge >= 0.3 is 0 Å². The van der Waals surface area contributed by atoms with Crippen LogP contribution in [0.3, 0.4) is 0 Å². The summed E-state index contributed by atoms with van der Waals surface area (Å²) in [6.07, 6.45) is 11.1. The second-order valence-electron chi connectivity index (χ2n) is 13.5. The minimum atomic E-state index is -0.310. The van der Waals surface area contributed by atoms with Crippen molar-refractivity contribution in [3.05, 3.63) is 22.8 Å². The Bertz CT molecular complexity index is 866. The molecule has 0 bridgehead atoms. The van der Waals surface area contributed by atoms with Gasteiger partial charge in [0.15, 0.2) is 5.78 Å². The normalized spacial score (nSPS) is 43.7. The molecule has 7 atom stereocenters. The molecule has 0 aliphatic heterocycles. The van der Waals surface area contributed by atoms with Crippen molar-refractivity contribution in [3.63, 3.8) is 0 Å². The highest BCUT2D eigenvalue weighted by atomic mass is 16.3. The van der Waals surface area contributed by atoms with E-state index in [0.29, 0.717) is 24.0 Å². The highest BCUT2D eigenvalue weighted by molar-refractivity contribution is 5.99. The molecule has 0 spiro atoms. The van der Waals surface area contributed by atoms with Crippen molar-refractivity contribution < 1.29 is 15.0 Å². The zero-order valence-corrected chi connectivity index (χ0v) is 22.3. The number of hydrogen-bond acceptors (Lipinski definition) is 3. The fourth-order valence-corrected chi connectivity index (χ4v) is 9.16. The molecule has 0 saturated heterocycles. The summed E-state index contributed by atoms with van der Waals surface area (Å²) < 4.78 is 0. The third kappa shape index (κ3) is 3.54. The monoisotopic (exact) mass is 456 g/mol. The third-order valence-electron chi connectivity index (χ3n) is 11.7. The zero-order chi connectivity index (χ0) is 24.4. The van der Waals surface area contributed by atoms with E-state index in [4.69, 9.17) is 0 Å². The Morgan fingerprint density at radius 2 is 1.82 bits per heavy atom. The largest absolute Gasteiger partial charge is 0.393 e. The van der Waals surface area contributed by atoms with Crippen LogP contribution in [0.2, 0.25) is 0 Å². The minimum Gasteiger partial charge on any atom is -0.393 e. The average Bonchev–Trinajstić information content (AvgIpc) is 3.04. The highest BCUT2D eigenvalue weighted by Gasteiger charge is 2.65. The summed E-state index contributed by atoms with van der Waals surface area (Å²) >= 11 is 0. The van der Waals surface area contributed by atoms with Crippen molar-refractivity contribution in [3.8, 4) is 0 Å². The van der Waals surface area contributed by atoms with E-state index < -0.39 is 0 Å². The molecule has 186 valence electrons. The minimum absolute atomic E-state index is 0.0262. The van der Waals surface area contributed by atoms with Crippen LogP contribution >= 0.6 is 0 Å². The van der Waals surface area contributed by atoms with Gasteiger partial charge in [-0.05, 0) is 92.3 Å². The van der Waals surface area contributed by atoms with E-state index in [1.807, 2.05) is 6.92 Å². The first-order valence-corrected chi connectivity index (χ1v) is 13.5. The summed E-state index contributed by atoms with van der Waals surface area (Å²) in [6.45, 7) is 16.3. The van der Waals surface area contributed by atoms with Crippen LogP contribution in [0.15, 0.2) is 22.8 Å². The number of allylic oxidation sites excluding steroid dienone is 3. The van der Waals surface area contributed by atoms with E-state index in [0.717, 1.165) is 44.1 Å². The predicted octanol–water partition coefficient (Wildman–Crippen LogP) is 6.63. The quantitative estimate of drug-likeness (QED) is 0.456. The number of ketones is 1. The molecule has 2 fully saturated rings. The lowest BCUT2D eigenvalue weighted by Gasteiger charge is -2.61. The first-order valence-electron chi connectivity index (χ1n) is 13.5. The Morgan fingerprint density at radius 1 is 1.12 bits per heavy atom. The van der Waals surface area contributed by atoms with Gasteiger partial charge in [0.25, 0.3) is 0 Å². The second kappa shape index (κ2) is 8.33. The predicted molar refractivity (Wildman–Crippen MR) is 135 cm³/mol. The number of carbonyl (C=O) groups is 1. The first kappa shape index (κ1) is 25.2. The number of hydrogen-bond donors (Lipinski definition) is 2. The maximum atomic E-state index is 13.9. The van der Waals surface area contributed by atoms with Crippen molar-refractivity contribution in [2.75, 3.05) is 6.61 Å². The van der Waals surface area contributed by atoms with E-state index in [2.05, 4.69) is 47.6 Å². The van der Waals surface area contributed by atoms with Gasteiger partial charge in [-0.15, -0.1) is 0 Å². The number of aliphatic hydroxyl groups is 2. The average molecular weight is 457 g/mol. The van der Waals surface area contributed by atoms with E-state index in [1.165, 1.54) is 24.0 Å². The third-order valence-corrected chi connectivity index (χ3v) is 11.7. The number of Topliss-reactive ketones (excluding diaryl/α,β-unsaturated/α-hetero) is 1. The summed E-state index contributed by atoms with van der Waals surface area (Å²) in [7, 11) is 0. The van der Waals surface area contributed by atoms with Crippen LogP contribution in [-0.2, 0) is 4.79 Å². The summed E-state index contributed by atoms with van der Waals surface area (Å²) in [5, 5.41) is 20.1. The van der Waals surface area contributed by atoms with Crippen LogP contribution in [0.25, 0.3) is 0 Å². The number of aliphatic hydroxyl groups excluding tert-OH is 2. The van der Waals surface area contributed by atoms with Crippen LogP contribution in [0.4, 0.5) is 0 Å². The molecule has 4 aliphatic rings. The maximum absolute atomic E-state index is 13.9. The number of rotatable bonds is 5. The van der Waals surface area contributed by atoms with Crippen LogP contribution in [-0.4, -0.2) is 28.7 Å². The van der Waals surface area contributed by atoms with Crippen LogP contribution in [0.1, 0.15) is 106 Å². The molecule has 4 aliphatic carbocycles. The van der Waals surface area contributed by atoms with Crippen LogP contribution < -0.4 is 0 Å². The fourth-order valence-electron chi connectivity index (χ4n) is 9.16. The van der Waals surface area contributed by atoms with Crippen molar-refractivity contribution >= 4 is 5.78 Å². The lowest BCUT2D eigenvalue weighted by Crippen LogP contribution is -2.57.